The first-order chi connectivity index (χ1) is 18.1. The quantitative estimate of drug-likeness (QED) is 0.267. The molecule has 0 fully saturated rings. The summed E-state index contributed by atoms with van der Waals surface area (Å²) < 4.78 is 13.1. The van der Waals surface area contributed by atoms with Crippen LogP contribution in [0.5, 0.6) is 11.5 Å². The molecule has 38 heavy (non-hydrogen) atoms. The Morgan fingerprint density at radius 3 is 2.42 bits per heavy atom. The van der Waals surface area contributed by atoms with Crippen LogP contribution in [0.1, 0.15) is 24.0 Å². The van der Waals surface area contributed by atoms with Crippen molar-refractivity contribution in [2.75, 3.05) is 59.5 Å². The number of likely N-dealkylation sites (N-methyl/N-ethyl adjacent to an activating group) is 1. The zero-order valence-electron chi connectivity index (χ0n) is 22.4. The number of hydrogen-bond acceptors (Lipinski definition) is 7. The van der Waals surface area contributed by atoms with Gasteiger partial charge in [0, 0.05) is 25.6 Å². The third kappa shape index (κ3) is 5.92. The maximum Gasteiger partial charge on any atom is 0.304 e. The summed E-state index contributed by atoms with van der Waals surface area (Å²) in [5, 5.41) is 19.4. The number of carbonyl (C=O) groups excluding carboxylic acids is 1. The molecule has 0 spiro atoms. The summed E-state index contributed by atoms with van der Waals surface area (Å²) in [4.78, 5) is 31.8. The van der Waals surface area contributed by atoms with E-state index in [4.69, 9.17) is 14.5 Å². The number of thiazole rings is 1. The van der Waals surface area contributed by atoms with Crippen LogP contribution in [0.4, 0.5) is 5.13 Å². The second-order valence-electron chi connectivity index (χ2n) is 10.6. The number of benzene rings is 2. The third-order valence-electron chi connectivity index (χ3n) is 7.24. The molecule has 0 atom stereocenters. The largest absolute Gasteiger partial charge is 0.493 e. The normalized spacial score (nSPS) is 14.3. The van der Waals surface area contributed by atoms with Crippen molar-refractivity contribution in [1.29, 1.82) is 0 Å². The van der Waals surface area contributed by atoms with Gasteiger partial charge in [0.15, 0.2) is 16.6 Å². The first kappa shape index (κ1) is 27.8. The van der Waals surface area contributed by atoms with Crippen LogP contribution in [0.3, 0.4) is 0 Å². The molecule has 3 aromatic rings. The second kappa shape index (κ2) is 11.3. The number of aliphatic carboxylic acids is 1. The van der Waals surface area contributed by atoms with E-state index in [1.165, 1.54) is 16.2 Å². The predicted molar refractivity (Wildman–Crippen MR) is 147 cm³/mol. The second-order valence-corrected chi connectivity index (χ2v) is 11.6. The molecule has 0 aliphatic heterocycles. The summed E-state index contributed by atoms with van der Waals surface area (Å²) in [6.07, 6.45) is 1.35. The first-order valence-corrected chi connectivity index (χ1v) is 13.5. The molecule has 1 heterocycles. The van der Waals surface area contributed by atoms with Gasteiger partial charge in [-0.05, 0) is 24.0 Å². The Labute approximate surface area is 226 Å². The zero-order valence-corrected chi connectivity index (χ0v) is 23.2. The topological polar surface area (TPSA) is 109 Å². The van der Waals surface area contributed by atoms with Crippen LogP contribution in [0.15, 0.2) is 36.4 Å². The van der Waals surface area contributed by atoms with Crippen molar-refractivity contribution < 1.29 is 33.8 Å². The highest BCUT2D eigenvalue weighted by Crippen LogP contribution is 2.43. The molecule has 1 aliphatic rings. The molecule has 2 N–H and O–H groups in total. The monoisotopic (exact) mass is 542 g/mol. The van der Waals surface area contributed by atoms with Gasteiger partial charge in [0.05, 0.1) is 63.0 Å². The number of carboxylic acid groups (broad SMARTS) is 1. The maximum absolute atomic E-state index is 13.8. The Morgan fingerprint density at radius 2 is 1.82 bits per heavy atom. The summed E-state index contributed by atoms with van der Waals surface area (Å²) in [7, 11) is 7.39. The van der Waals surface area contributed by atoms with Crippen molar-refractivity contribution in [2.24, 2.45) is 5.41 Å². The van der Waals surface area contributed by atoms with E-state index in [2.05, 4.69) is 14.1 Å². The van der Waals surface area contributed by atoms with Gasteiger partial charge in [-0.15, -0.1) is 0 Å². The Kier molecular flexibility index (Phi) is 8.25. The highest BCUT2D eigenvalue weighted by molar-refractivity contribution is 7.22. The lowest BCUT2D eigenvalue weighted by Gasteiger charge is -2.30. The highest BCUT2D eigenvalue weighted by atomic mass is 32.1. The molecule has 204 valence electrons. The molecule has 1 aliphatic carbocycles. The Balaban J connectivity index is 1.53. The van der Waals surface area contributed by atoms with Crippen molar-refractivity contribution in [3.63, 3.8) is 0 Å². The number of ether oxygens (including phenoxy) is 2. The Bertz CT molecular complexity index is 1300. The number of aromatic nitrogens is 1. The van der Waals surface area contributed by atoms with Crippen LogP contribution in [0.25, 0.3) is 10.2 Å². The highest BCUT2D eigenvalue weighted by Gasteiger charge is 2.47. The first-order valence-electron chi connectivity index (χ1n) is 12.7. The lowest BCUT2D eigenvalue weighted by molar-refractivity contribution is -0.890. The van der Waals surface area contributed by atoms with Crippen LogP contribution in [-0.4, -0.2) is 86.1 Å². The average Bonchev–Trinajstić information content (AvgIpc) is 3.45. The number of nitrogens with zero attached hydrogens (tertiary/aromatic N) is 3. The number of aliphatic hydroxyl groups excluding tert-OH is 1. The minimum atomic E-state index is -1.05. The Morgan fingerprint density at radius 1 is 1.13 bits per heavy atom. The van der Waals surface area contributed by atoms with Gasteiger partial charge in [0.2, 0.25) is 5.91 Å². The molecule has 4 rings (SSSR count). The SMILES string of the molecule is COc1cc2sc(N(C)C(=O)C3(CC(=O)O)Cc4ccccc4C3)nc2cc1OCCC[N+](C)(C)CCO. The van der Waals surface area contributed by atoms with Crippen molar-refractivity contribution in [3.8, 4) is 11.5 Å². The Hall–Kier alpha value is -3.21. The molecule has 1 amide bonds. The molecule has 0 radical (unpaired) electrons. The van der Waals surface area contributed by atoms with Gasteiger partial charge in [-0.1, -0.05) is 35.6 Å². The number of anilines is 1. The van der Waals surface area contributed by atoms with E-state index in [9.17, 15) is 19.8 Å². The number of fused-ring (bicyclic) bond motifs is 2. The number of carbonyl (C=O) groups is 2. The van der Waals surface area contributed by atoms with Gasteiger partial charge in [0.25, 0.3) is 0 Å². The fourth-order valence-electron chi connectivity index (χ4n) is 5.17. The molecular formula is C28H36N3O6S+. The number of aliphatic hydroxyl groups is 1. The van der Waals surface area contributed by atoms with E-state index in [0.29, 0.717) is 52.6 Å². The summed E-state index contributed by atoms with van der Waals surface area (Å²) in [6, 6.07) is 11.4. The van der Waals surface area contributed by atoms with Crippen molar-refractivity contribution in [3.05, 3.63) is 47.5 Å². The molecule has 2 aromatic carbocycles. The summed E-state index contributed by atoms with van der Waals surface area (Å²) in [5.41, 5.74) is 1.67. The number of carboxylic acids is 1. The van der Waals surface area contributed by atoms with Gasteiger partial charge in [-0.25, -0.2) is 4.98 Å². The smallest absolute Gasteiger partial charge is 0.304 e. The van der Waals surface area contributed by atoms with Gasteiger partial charge < -0.3 is 24.2 Å². The zero-order chi connectivity index (χ0) is 27.5. The van der Waals surface area contributed by atoms with Gasteiger partial charge in [-0.2, -0.15) is 0 Å². The van der Waals surface area contributed by atoms with Gasteiger partial charge >= 0.3 is 5.97 Å². The molecule has 0 saturated carbocycles. The van der Waals surface area contributed by atoms with Gasteiger partial charge in [-0.3, -0.25) is 14.5 Å². The maximum atomic E-state index is 13.8. The molecule has 9 nitrogen and oxygen atoms in total. The van der Waals surface area contributed by atoms with E-state index in [1.807, 2.05) is 36.4 Å². The van der Waals surface area contributed by atoms with Crippen LogP contribution >= 0.6 is 11.3 Å². The number of rotatable bonds is 12. The minimum absolute atomic E-state index is 0.145. The predicted octanol–water partition coefficient (Wildman–Crippen LogP) is 3.37. The van der Waals surface area contributed by atoms with Gasteiger partial charge in [0.1, 0.15) is 6.54 Å². The van der Waals surface area contributed by atoms with Crippen LogP contribution < -0.4 is 14.4 Å². The minimum Gasteiger partial charge on any atom is -0.493 e. The fraction of sp³-hybridized carbons (Fsp3) is 0.464. The lowest BCUT2D eigenvalue weighted by Crippen LogP contribution is -2.44. The van der Waals surface area contributed by atoms with E-state index in [-0.39, 0.29) is 18.9 Å². The number of methoxy groups -OCH3 is 1. The number of amides is 1. The molecule has 10 heteroatoms. The summed E-state index contributed by atoms with van der Waals surface area (Å²) >= 11 is 1.35. The van der Waals surface area contributed by atoms with E-state index < -0.39 is 11.4 Å². The van der Waals surface area contributed by atoms with E-state index in [0.717, 1.165) is 28.8 Å². The molecule has 1 aromatic heterocycles. The van der Waals surface area contributed by atoms with Crippen LogP contribution in [0.2, 0.25) is 0 Å². The van der Waals surface area contributed by atoms with E-state index in [1.54, 1.807) is 14.2 Å². The van der Waals surface area contributed by atoms with Crippen molar-refractivity contribution in [1.82, 2.24) is 4.98 Å². The van der Waals surface area contributed by atoms with Crippen LogP contribution in [0, 0.1) is 5.41 Å². The molecular weight excluding hydrogens is 506 g/mol. The third-order valence-corrected chi connectivity index (χ3v) is 8.34. The summed E-state index contributed by atoms with van der Waals surface area (Å²) in [6.45, 7) is 2.18. The van der Waals surface area contributed by atoms with Crippen molar-refractivity contribution >= 4 is 38.6 Å². The van der Waals surface area contributed by atoms with Crippen LogP contribution in [-0.2, 0) is 22.4 Å². The number of quaternary nitrogens is 1. The fourth-order valence-corrected chi connectivity index (χ4v) is 6.11. The average molecular weight is 543 g/mol. The standard InChI is InChI=1S/C28H35N3O6S/c1-30(26(35)28(18-25(33)34)16-19-8-5-6-9-20(19)17-28)27-29-21-14-23(22(36-4)15-24(21)38-27)37-13-7-10-31(2,3)11-12-32/h5-6,8-9,14-15,32H,7,10-13,16-18H2,1-4H3/p+1. The van der Waals surface area contributed by atoms with E-state index >= 15 is 0 Å². The van der Waals surface area contributed by atoms with Crippen molar-refractivity contribution in [2.45, 2.75) is 25.7 Å². The molecule has 0 saturated heterocycles. The summed E-state index contributed by atoms with van der Waals surface area (Å²) in [5.74, 6) is -0.0811. The number of hydrogen-bond donors (Lipinski definition) is 2. The lowest BCUT2D eigenvalue weighted by atomic mass is 9.80. The molecule has 0 bridgehead atoms. The molecule has 0 unspecified atom stereocenters.